The number of nitrogens with one attached hydrogen (secondary N) is 1. The van der Waals surface area contributed by atoms with Gasteiger partial charge in [-0.25, -0.2) is 0 Å². The Hall–Kier alpha value is -0.530. The number of carbonyl (C=O) groups excluding carboxylic acids is 1. The van der Waals surface area contributed by atoms with Crippen molar-refractivity contribution in [1.82, 2.24) is 5.32 Å². The van der Waals surface area contributed by atoms with E-state index in [1.54, 1.807) is 7.05 Å². The third-order valence-corrected chi connectivity index (χ3v) is 6.08. The van der Waals surface area contributed by atoms with Gasteiger partial charge in [0.05, 0.1) is 0 Å². The highest BCUT2D eigenvalue weighted by Gasteiger charge is 2.48. The maximum atomic E-state index is 12.2. The number of hydrogen-bond acceptors (Lipinski definition) is 1. The van der Waals surface area contributed by atoms with E-state index in [2.05, 4.69) is 67.6 Å². The Morgan fingerprint density at radius 2 is 1.30 bits per heavy atom. The lowest BCUT2D eigenvalue weighted by atomic mass is 9.54. The Bertz CT molecular complexity index is 337. The largest absolute Gasteiger partial charge is 0.359 e. The van der Waals surface area contributed by atoms with Crippen LogP contribution in [0.15, 0.2) is 0 Å². The van der Waals surface area contributed by atoms with Crippen molar-refractivity contribution in [2.45, 2.75) is 81.6 Å². The van der Waals surface area contributed by atoms with Gasteiger partial charge in [-0.1, -0.05) is 68.7 Å². The van der Waals surface area contributed by atoms with Gasteiger partial charge in [-0.15, -0.1) is 0 Å². The fraction of sp³-hybridized carbons (Fsp3) is 0.944. The molecule has 0 radical (unpaired) electrons. The first-order chi connectivity index (χ1) is 8.75. The predicted molar refractivity (Wildman–Crippen MR) is 88.7 cm³/mol. The molecule has 0 aliphatic rings. The Kier molecular flexibility index (Phi) is 5.91. The molecule has 0 aromatic carbocycles. The van der Waals surface area contributed by atoms with Crippen LogP contribution >= 0.6 is 0 Å². The Morgan fingerprint density at radius 1 is 0.850 bits per heavy atom. The second-order valence-corrected chi connectivity index (χ2v) is 8.78. The zero-order chi connectivity index (χ0) is 16.4. The zero-order valence-electron chi connectivity index (χ0n) is 15.5. The summed E-state index contributed by atoms with van der Waals surface area (Å²) in [5.41, 5.74) is 0.0402. The third-order valence-electron chi connectivity index (χ3n) is 6.08. The van der Waals surface area contributed by atoms with E-state index in [-0.39, 0.29) is 27.6 Å². The van der Waals surface area contributed by atoms with Gasteiger partial charge >= 0.3 is 0 Å². The molecular weight excluding hydrogens is 246 g/mol. The highest BCUT2D eigenvalue weighted by Crippen LogP contribution is 2.53. The molecule has 120 valence electrons. The monoisotopic (exact) mass is 283 g/mol. The molecule has 0 heterocycles. The van der Waals surface area contributed by atoms with Crippen molar-refractivity contribution in [2.75, 3.05) is 7.05 Å². The summed E-state index contributed by atoms with van der Waals surface area (Å²) < 4.78 is 0. The van der Waals surface area contributed by atoms with Gasteiger partial charge in [0.1, 0.15) is 0 Å². The summed E-state index contributed by atoms with van der Waals surface area (Å²) >= 11 is 0. The van der Waals surface area contributed by atoms with Crippen molar-refractivity contribution in [1.29, 1.82) is 0 Å². The van der Waals surface area contributed by atoms with Gasteiger partial charge in [-0.05, 0) is 29.1 Å². The molecule has 1 N–H and O–H groups in total. The molecular formula is C18H37NO. The molecule has 2 nitrogen and oxygen atoms in total. The van der Waals surface area contributed by atoms with Gasteiger partial charge < -0.3 is 5.32 Å². The van der Waals surface area contributed by atoms with Crippen molar-refractivity contribution in [3.8, 4) is 0 Å². The number of rotatable bonds is 7. The minimum absolute atomic E-state index is 0.0540. The van der Waals surface area contributed by atoms with Crippen molar-refractivity contribution >= 4 is 5.91 Å². The van der Waals surface area contributed by atoms with Crippen LogP contribution in [0.5, 0.6) is 0 Å². The molecule has 2 heteroatoms. The fourth-order valence-electron chi connectivity index (χ4n) is 3.15. The lowest BCUT2D eigenvalue weighted by molar-refractivity contribution is -0.137. The van der Waals surface area contributed by atoms with Gasteiger partial charge in [-0.2, -0.15) is 0 Å². The number of carbonyl (C=O) groups is 1. The molecule has 20 heavy (non-hydrogen) atoms. The fourth-order valence-corrected chi connectivity index (χ4v) is 3.15. The Balaban J connectivity index is 5.32. The second-order valence-electron chi connectivity index (χ2n) is 8.78. The zero-order valence-corrected chi connectivity index (χ0v) is 15.5. The van der Waals surface area contributed by atoms with Crippen LogP contribution in [0.4, 0.5) is 0 Å². The van der Waals surface area contributed by atoms with Crippen molar-refractivity contribution in [2.24, 2.45) is 21.7 Å². The van der Waals surface area contributed by atoms with E-state index < -0.39 is 0 Å². The molecule has 0 aliphatic carbocycles. The molecule has 0 aliphatic heterocycles. The number of hydrogen-bond donors (Lipinski definition) is 1. The van der Waals surface area contributed by atoms with Gasteiger partial charge in [0.25, 0.3) is 0 Å². The molecule has 1 amide bonds. The first kappa shape index (κ1) is 19.5. The topological polar surface area (TPSA) is 29.1 Å². The maximum Gasteiger partial charge on any atom is 0.225 e. The smallest absolute Gasteiger partial charge is 0.225 e. The van der Waals surface area contributed by atoms with Crippen LogP contribution in [0.3, 0.4) is 0 Å². The van der Waals surface area contributed by atoms with E-state index in [9.17, 15) is 4.79 Å². The molecule has 0 spiro atoms. The molecule has 0 atom stereocenters. The molecule has 0 saturated carbocycles. The van der Waals surface area contributed by atoms with Gasteiger partial charge in [0, 0.05) is 12.5 Å². The average molecular weight is 283 g/mol. The summed E-state index contributed by atoms with van der Waals surface area (Å²) in [6.45, 7) is 20.3. The van der Waals surface area contributed by atoms with Crippen LogP contribution in [0, 0.1) is 21.7 Å². The summed E-state index contributed by atoms with van der Waals surface area (Å²) in [4.78, 5) is 12.2. The van der Waals surface area contributed by atoms with E-state index in [0.29, 0.717) is 0 Å². The second kappa shape index (κ2) is 6.07. The minimum atomic E-state index is -0.374. The first-order valence-electron chi connectivity index (χ1n) is 7.97. The molecule has 0 aromatic rings. The summed E-state index contributed by atoms with van der Waals surface area (Å²) in [7, 11) is 1.73. The molecule has 0 aromatic heterocycles. The first-order valence-corrected chi connectivity index (χ1v) is 7.97. The van der Waals surface area contributed by atoms with Gasteiger partial charge in [0.2, 0.25) is 5.91 Å². The summed E-state index contributed by atoms with van der Waals surface area (Å²) in [5.74, 6) is 0.131. The van der Waals surface area contributed by atoms with Crippen LogP contribution < -0.4 is 5.32 Å². The van der Waals surface area contributed by atoms with E-state index in [4.69, 9.17) is 0 Å². The molecule has 0 unspecified atom stereocenters. The van der Waals surface area contributed by atoms with Gasteiger partial charge in [0.15, 0.2) is 0 Å². The van der Waals surface area contributed by atoms with E-state index in [0.717, 1.165) is 6.42 Å². The lowest BCUT2D eigenvalue weighted by Crippen LogP contribution is -2.48. The predicted octanol–water partition coefficient (Wildman–Crippen LogP) is 5.03. The Morgan fingerprint density at radius 3 is 1.65 bits per heavy atom. The maximum absolute atomic E-state index is 12.2. The SMILES string of the molecule is CCCC(C)(C)C(C)(C)CC(C)(C)C(C)(C)C(=O)NC. The number of amides is 1. The van der Waals surface area contributed by atoms with Crippen LogP contribution in [-0.4, -0.2) is 13.0 Å². The summed E-state index contributed by atoms with van der Waals surface area (Å²) in [6.07, 6.45) is 3.46. The summed E-state index contributed by atoms with van der Waals surface area (Å²) in [6, 6.07) is 0. The van der Waals surface area contributed by atoms with E-state index in [1.807, 2.05) is 0 Å². The van der Waals surface area contributed by atoms with E-state index >= 15 is 0 Å². The van der Waals surface area contributed by atoms with Crippen LogP contribution in [0.1, 0.15) is 81.6 Å². The van der Waals surface area contributed by atoms with E-state index in [1.165, 1.54) is 12.8 Å². The van der Waals surface area contributed by atoms with Crippen LogP contribution in [-0.2, 0) is 4.79 Å². The van der Waals surface area contributed by atoms with Crippen LogP contribution in [0.2, 0.25) is 0 Å². The molecule has 0 fully saturated rings. The standard InChI is InChI=1S/C18H37NO/c1-11-12-15(2,3)16(4,5)13-17(6,7)18(8,9)14(20)19-10/h11-13H2,1-10H3,(H,19,20). The quantitative estimate of drug-likeness (QED) is 0.697. The Labute approximate surface area is 127 Å². The lowest BCUT2D eigenvalue weighted by Gasteiger charge is -2.50. The third kappa shape index (κ3) is 3.77. The average Bonchev–Trinajstić information content (AvgIpc) is 2.25. The van der Waals surface area contributed by atoms with Crippen molar-refractivity contribution in [3.05, 3.63) is 0 Å². The molecule has 0 bridgehead atoms. The highest BCUT2D eigenvalue weighted by molar-refractivity contribution is 5.82. The molecule has 0 rings (SSSR count). The summed E-state index contributed by atoms with van der Waals surface area (Å²) in [5, 5.41) is 2.82. The normalized spacial score (nSPS) is 14.3. The van der Waals surface area contributed by atoms with Gasteiger partial charge in [-0.3, -0.25) is 4.79 Å². The van der Waals surface area contributed by atoms with Crippen molar-refractivity contribution in [3.63, 3.8) is 0 Å². The molecule has 0 saturated heterocycles. The van der Waals surface area contributed by atoms with Crippen LogP contribution in [0.25, 0.3) is 0 Å². The van der Waals surface area contributed by atoms with Crippen molar-refractivity contribution < 1.29 is 4.79 Å². The highest BCUT2D eigenvalue weighted by atomic mass is 16.2. The minimum Gasteiger partial charge on any atom is -0.359 e.